The van der Waals surface area contributed by atoms with Gasteiger partial charge in [0.05, 0.1) is 7.11 Å². The number of likely N-dealkylation sites (tertiary alicyclic amines) is 1. The predicted octanol–water partition coefficient (Wildman–Crippen LogP) is 2.77. The van der Waals surface area contributed by atoms with Crippen LogP contribution in [-0.2, 0) is 11.2 Å². The predicted molar refractivity (Wildman–Crippen MR) is 151 cm³/mol. The van der Waals surface area contributed by atoms with Crippen LogP contribution in [0.15, 0.2) is 36.4 Å². The molecule has 3 aromatic rings. The Morgan fingerprint density at radius 1 is 1.00 bits per heavy atom. The van der Waals surface area contributed by atoms with Gasteiger partial charge in [-0.2, -0.15) is 4.52 Å². The number of piperazine rings is 1. The number of aromatic nitrogens is 4. The molecule has 1 aromatic carbocycles. The van der Waals surface area contributed by atoms with Gasteiger partial charge >= 0.3 is 0 Å². The zero-order valence-corrected chi connectivity index (χ0v) is 23.0. The van der Waals surface area contributed by atoms with E-state index >= 15 is 0 Å². The molecule has 2 aromatic heterocycles. The number of nitrogens with zero attached hydrogens (tertiary/aromatic N) is 7. The van der Waals surface area contributed by atoms with Crippen LogP contribution in [0.3, 0.4) is 0 Å². The second-order valence-corrected chi connectivity index (χ2v) is 11.1. The summed E-state index contributed by atoms with van der Waals surface area (Å²) in [6.45, 7) is 6.63. The highest BCUT2D eigenvalue weighted by molar-refractivity contribution is 5.76. The third kappa shape index (κ3) is 5.95. The van der Waals surface area contributed by atoms with Crippen molar-refractivity contribution in [3.05, 3.63) is 42.2 Å². The molecule has 1 aliphatic carbocycles. The molecule has 39 heavy (non-hydrogen) atoms. The lowest BCUT2D eigenvalue weighted by molar-refractivity contribution is -0.121. The van der Waals surface area contributed by atoms with Crippen LogP contribution in [0.2, 0.25) is 0 Å². The summed E-state index contributed by atoms with van der Waals surface area (Å²) in [5, 5.41) is 16.6. The average molecular weight is 533 g/mol. The van der Waals surface area contributed by atoms with Crippen LogP contribution in [0.25, 0.3) is 5.65 Å². The zero-order valence-electron chi connectivity index (χ0n) is 23.0. The van der Waals surface area contributed by atoms with Gasteiger partial charge in [-0.25, -0.2) is 0 Å². The second kappa shape index (κ2) is 11.8. The quantitative estimate of drug-likeness (QED) is 0.450. The van der Waals surface area contributed by atoms with Crippen LogP contribution in [0, 0.1) is 5.92 Å². The number of aryl methyl sites for hydroxylation is 1. The van der Waals surface area contributed by atoms with E-state index in [1.54, 1.807) is 11.6 Å². The lowest BCUT2D eigenvalue weighted by Gasteiger charge is -2.36. The largest absolute Gasteiger partial charge is 0.497 e. The fourth-order valence-electron chi connectivity index (χ4n) is 6.35. The summed E-state index contributed by atoms with van der Waals surface area (Å²) >= 11 is 0. The molecule has 2 saturated heterocycles. The van der Waals surface area contributed by atoms with Gasteiger partial charge in [0.15, 0.2) is 11.5 Å². The summed E-state index contributed by atoms with van der Waals surface area (Å²) < 4.78 is 7.18. The normalized spacial score (nSPS) is 20.7. The Morgan fingerprint density at radius 3 is 2.64 bits per heavy atom. The number of nitrogens with one attached hydrogen (secondary N) is 1. The molecular weight excluding hydrogens is 492 g/mol. The average Bonchev–Trinajstić information content (AvgIpc) is 3.76. The van der Waals surface area contributed by atoms with E-state index in [1.807, 2.05) is 24.3 Å². The first kappa shape index (κ1) is 25.9. The molecule has 4 heterocycles. The molecule has 1 saturated carbocycles. The van der Waals surface area contributed by atoms with Crippen LogP contribution >= 0.6 is 0 Å². The molecule has 1 N–H and O–H groups in total. The van der Waals surface area contributed by atoms with Gasteiger partial charge in [0, 0.05) is 69.9 Å². The van der Waals surface area contributed by atoms with Crippen LogP contribution in [0.1, 0.15) is 44.3 Å². The number of ether oxygens (including phenoxy) is 1. The number of benzene rings is 1. The highest BCUT2D eigenvalue weighted by atomic mass is 16.5. The van der Waals surface area contributed by atoms with E-state index in [1.165, 1.54) is 44.3 Å². The first-order valence-electron chi connectivity index (χ1n) is 14.5. The topological polar surface area (TPSA) is 91.1 Å². The van der Waals surface area contributed by atoms with Gasteiger partial charge in [-0.3, -0.25) is 4.79 Å². The summed E-state index contributed by atoms with van der Waals surface area (Å²) in [5.41, 5.74) is 1.89. The Hall–Kier alpha value is -3.40. The van der Waals surface area contributed by atoms with E-state index < -0.39 is 0 Å². The summed E-state index contributed by atoms with van der Waals surface area (Å²) in [5.74, 6) is 3.16. The van der Waals surface area contributed by atoms with Gasteiger partial charge in [0.25, 0.3) is 0 Å². The molecular formula is C29H40N8O2. The van der Waals surface area contributed by atoms with Crippen molar-refractivity contribution >= 4 is 23.1 Å². The molecule has 10 heteroatoms. The van der Waals surface area contributed by atoms with E-state index in [9.17, 15) is 4.79 Å². The number of methoxy groups -OCH3 is 1. The van der Waals surface area contributed by atoms with Crippen molar-refractivity contribution in [3.63, 3.8) is 0 Å². The van der Waals surface area contributed by atoms with Gasteiger partial charge in [-0.1, -0.05) is 18.9 Å². The Morgan fingerprint density at radius 2 is 1.82 bits per heavy atom. The molecule has 10 nitrogen and oxygen atoms in total. The van der Waals surface area contributed by atoms with Gasteiger partial charge in [0.1, 0.15) is 11.6 Å². The molecule has 0 unspecified atom stereocenters. The molecule has 0 spiro atoms. The first-order chi connectivity index (χ1) is 19.2. The maximum atomic E-state index is 12.6. The summed E-state index contributed by atoms with van der Waals surface area (Å²) in [6, 6.07) is 13.0. The lowest BCUT2D eigenvalue weighted by Crippen LogP contribution is -2.47. The smallest absolute Gasteiger partial charge is 0.220 e. The molecule has 208 valence electrons. The van der Waals surface area contributed by atoms with Crippen molar-refractivity contribution in [2.75, 3.05) is 62.7 Å². The number of anilines is 2. The van der Waals surface area contributed by atoms with Crippen molar-refractivity contribution in [1.82, 2.24) is 30.0 Å². The van der Waals surface area contributed by atoms with Crippen molar-refractivity contribution in [1.29, 1.82) is 0 Å². The number of rotatable bonds is 9. The minimum absolute atomic E-state index is 0.0795. The van der Waals surface area contributed by atoms with Gasteiger partial charge in [-0.15, -0.1) is 15.3 Å². The second-order valence-electron chi connectivity index (χ2n) is 11.1. The van der Waals surface area contributed by atoms with Crippen LogP contribution in [0.5, 0.6) is 5.75 Å². The van der Waals surface area contributed by atoms with Crippen LogP contribution in [-0.4, -0.2) is 89.6 Å². The van der Waals surface area contributed by atoms with Gasteiger partial charge in [-0.05, 0) is 56.0 Å². The van der Waals surface area contributed by atoms with Crippen LogP contribution < -0.4 is 19.9 Å². The summed E-state index contributed by atoms with van der Waals surface area (Å²) in [7, 11) is 1.70. The van der Waals surface area contributed by atoms with Crippen molar-refractivity contribution in [2.24, 2.45) is 5.92 Å². The minimum atomic E-state index is 0.0795. The number of amides is 1. The van der Waals surface area contributed by atoms with E-state index in [-0.39, 0.29) is 5.91 Å². The van der Waals surface area contributed by atoms with Crippen LogP contribution in [0.4, 0.5) is 11.5 Å². The molecule has 0 bridgehead atoms. The number of carbonyl (C=O) groups is 1. The third-order valence-electron chi connectivity index (χ3n) is 8.66. The Bertz CT molecular complexity index is 1270. The maximum absolute atomic E-state index is 12.6. The summed E-state index contributed by atoms with van der Waals surface area (Å²) in [6.07, 6.45) is 7.54. The van der Waals surface area contributed by atoms with E-state index in [4.69, 9.17) is 9.84 Å². The molecule has 1 amide bonds. The monoisotopic (exact) mass is 532 g/mol. The van der Waals surface area contributed by atoms with Gasteiger partial charge in [0.2, 0.25) is 5.91 Å². The molecule has 1 atom stereocenters. The Kier molecular flexibility index (Phi) is 7.81. The van der Waals surface area contributed by atoms with Gasteiger partial charge < -0.3 is 24.8 Å². The fourth-order valence-corrected chi connectivity index (χ4v) is 6.35. The molecule has 3 fully saturated rings. The van der Waals surface area contributed by atoms with E-state index in [2.05, 4.69) is 42.3 Å². The Balaban J connectivity index is 1.00. The number of hydrogen-bond acceptors (Lipinski definition) is 8. The number of hydrogen-bond donors (Lipinski definition) is 1. The Labute approximate surface area is 230 Å². The van der Waals surface area contributed by atoms with E-state index in [0.29, 0.717) is 24.4 Å². The standard InChI is InChI=1S/C29H40N8O2/c1-39-25-8-4-7-24(19-25)34-15-17-35(18-16-34)28-10-9-26-31-32-27(37(26)33-28)11-12-29(38)30-20-22-13-14-36(21-22)23-5-2-3-6-23/h4,7-10,19,22-23H,2-3,5-6,11-18,20-21H2,1H3,(H,30,38)/t22-/m0/s1. The molecule has 0 radical (unpaired) electrons. The first-order valence-corrected chi connectivity index (χ1v) is 14.5. The molecule has 3 aliphatic rings. The fraction of sp³-hybridized carbons (Fsp3) is 0.586. The highest BCUT2D eigenvalue weighted by Gasteiger charge is 2.30. The minimum Gasteiger partial charge on any atom is -0.497 e. The van der Waals surface area contributed by atoms with Crippen molar-refractivity contribution < 1.29 is 9.53 Å². The maximum Gasteiger partial charge on any atom is 0.220 e. The zero-order chi connectivity index (χ0) is 26.6. The number of fused-ring (bicyclic) bond motifs is 1. The van der Waals surface area contributed by atoms with E-state index in [0.717, 1.165) is 62.7 Å². The van der Waals surface area contributed by atoms with Crippen molar-refractivity contribution in [3.8, 4) is 5.75 Å². The highest BCUT2D eigenvalue weighted by Crippen LogP contribution is 2.28. The van der Waals surface area contributed by atoms with Crippen molar-refractivity contribution in [2.45, 2.75) is 51.0 Å². The lowest BCUT2D eigenvalue weighted by atomic mass is 10.1. The molecule has 2 aliphatic heterocycles. The number of carbonyl (C=O) groups excluding carboxylic acids is 1. The third-order valence-corrected chi connectivity index (χ3v) is 8.66. The SMILES string of the molecule is COc1cccc(N2CCN(c3ccc4nnc(CCC(=O)NC[C@@H]5CCN(C6CCCC6)C5)n4n3)CC2)c1. The molecule has 6 rings (SSSR count). The summed E-state index contributed by atoms with van der Waals surface area (Å²) in [4.78, 5) is 20.0.